The largest absolute Gasteiger partial charge is 0.396 e. The molecule has 2 aliphatic rings. The third kappa shape index (κ3) is 2.76. The van der Waals surface area contributed by atoms with Gasteiger partial charge in [-0.2, -0.15) is 0 Å². The van der Waals surface area contributed by atoms with E-state index in [1.54, 1.807) is 0 Å². The second kappa shape index (κ2) is 5.84. The zero-order valence-corrected chi connectivity index (χ0v) is 12.4. The van der Waals surface area contributed by atoms with E-state index in [1.165, 1.54) is 24.0 Å². The first kappa shape index (κ1) is 14.1. The van der Waals surface area contributed by atoms with Crippen LogP contribution in [0.25, 0.3) is 0 Å². The molecule has 3 heteroatoms. The Balaban J connectivity index is 1.70. The van der Waals surface area contributed by atoms with Crippen LogP contribution in [-0.2, 0) is 6.54 Å². The number of likely N-dealkylation sites (tertiary alicyclic amines) is 1. The van der Waals surface area contributed by atoms with E-state index in [4.69, 9.17) is 0 Å². The normalized spacial score (nSPS) is 26.2. The van der Waals surface area contributed by atoms with E-state index in [9.17, 15) is 5.11 Å². The van der Waals surface area contributed by atoms with Crippen molar-refractivity contribution in [2.75, 3.05) is 32.8 Å². The van der Waals surface area contributed by atoms with Crippen molar-refractivity contribution in [2.24, 2.45) is 11.3 Å². The molecule has 3 nitrogen and oxygen atoms in total. The van der Waals surface area contributed by atoms with Crippen molar-refractivity contribution in [3.8, 4) is 0 Å². The number of benzene rings is 1. The molecule has 20 heavy (non-hydrogen) atoms. The molecule has 2 N–H and O–H groups in total. The highest BCUT2D eigenvalue weighted by Gasteiger charge is 2.46. The van der Waals surface area contributed by atoms with Gasteiger partial charge in [0.25, 0.3) is 0 Å². The maximum Gasteiger partial charge on any atom is 0.0477 e. The Morgan fingerprint density at radius 2 is 2.15 bits per heavy atom. The van der Waals surface area contributed by atoms with Gasteiger partial charge in [0.05, 0.1) is 0 Å². The molecule has 1 atom stereocenters. The van der Waals surface area contributed by atoms with Crippen LogP contribution in [0, 0.1) is 18.3 Å². The molecular weight excluding hydrogens is 248 g/mol. The smallest absolute Gasteiger partial charge is 0.0477 e. The van der Waals surface area contributed by atoms with E-state index < -0.39 is 0 Å². The molecule has 110 valence electrons. The summed E-state index contributed by atoms with van der Waals surface area (Å²) in [7, 11) is 0. The molecule has 0 aliphatic carbocycles. The van der Waals surface area contributed by atoms with E-state index in [2.05, 4.69) is 41.4 Å². The number of hydrogen-bond acceptors (Lipinski definition) is 3. The van der Waals surface area contributed by atoms with Crippen LogP contribution in [0.3, 0.4) is 0 Å². The van der Waals surface area contributed by atoms with E-state index >= 15 is 0 Å². The summed E-state index contributed by atoms with van der Waals surface area (Å²) in [5.41, 5.74) is 3.08. The number of nitrogens with one attached hydrogen (secondary N) is 1. The minimum Gasteiger partial charge on any atom is -0.396 e. The van der Waals surface area contributed by atoms with Crippen molar-refractivity contribution in [1.29, 1.82) is 0 Å². The van der Waals surface area contributed by atoms with Gasteiger partial charge < -0.3 is 10.4 Å². The molecule has 1 aromatic rings. The van der Waals surface area contributed by atoms with Crippen LogP contribution in [-0.4, -0.2) is 42.8 Å². The molecule has 2 aliphatic heterocycles. The fourth-order valence-electron chi connectivity index (χ4n) is 4.08. The standard InChI is InChI=1S/C17H26N2O/c1-14-3-2-4-15(9-14)10-19-11-16(12-20)17(13-19)5-7-18-8-6-17/h2-4,9,16,18,20H,5-8,10-13H2,1H3. The number of aliphatic hydroxyl groups excluding tert-OH is 1. The van der Waals surface area contributed by atoms with Crippen LogP contribution in [0.4, 0.5) is 0 Å². The predicted molar refractivity (Wildman–Crippen MR) is 81.6 cm³/mol. The van der Waals surface area contributed by atoms with Gasteiger partial charge in [0.2, 0.25) is 0 Å². The van der Waals surface area contributed by atoms with Gasteiger partial charge in [-0.05, 0) is 43.8 Å². The lowest BCUT2D eigenvalue weighted by Crippen LogP contribution is -2.42. The Hall–Kier alpha value is -0.900. The summed E-state index contributed by atoms with van der Waals surface area (Å²) >= 11 is 0. The highest BCUT2D eigenvalue weighted by Crippen LogP contribution is 2.43. The molecule has 0 aromatic heterocycles. The average molecular weight is 274 g/mol. The lowest BCUT2D eigenvalue weighted by molar-refractivity contribution is 0.0984. The number of piperidine rings is 1. The lowest BCUT2D eigenvalue weighted by atomic mass is 9.71. The van der Waals surface area contributed by atoms with Gasteiger partial charge in [0.1, 0.15) is 0 Å². The fourth-order valence-corrected chi connectivity index (χ4v) is 4.08. The van der Waals surface area contributed by atoms with Gasteiger partial charge in [-0.25, -0.2) is 0 Å². The lowest BCUT2D eigenvalue weighted by Gasteiger charge is -2.38. The molecule has 1 unspecified atom stereocenters. The zero-order valence-electron chi connectivity index (χ0n) is 12.4. The number of rotatable bonds is 3. The third-order valence-electron chi connectivity index (χ3n) is 5.19. The molecule has 2 fully saturated rings. The average Bonchev–Trinajstić information content (AvgIpc) is 2.76. The third-order valence-corrected chi connectivity index (χ3v) is 5.19. The summed E-state index contributed by atoms with van der Waals surface area (Å²) in [6, 6.07) is 8.79. The highest BCUT2D eigenvalue weighted by molar-refractivity contribution is 5.22. The van der Waals surface area contributed by atoms with Crippen LogP contribution >= 0.6 is 0 Å². The number of aliphatic hydroxyl groups is 1. The molecule has 1 aromatic carbocycles. The van der Waals surface area contributed by atoms with Gasteiger partial charge >= 0.3 is 0 Å². The molecule has 0 radical (unpaired) electrons. The molecule has 3 rings (SSSR count). The number of aryl methyl sites for hydroxylation is 1. The Labute approximate surface area is 122 Å². The van der Waals surface area contributed by atoms with Gasteiger partial charge in [-0.15, -0.1) is 0 Å². The van der Waals surface area contributed by atoms with Gasteiger partial charge in [0.15, 0.2) is 0 Å². The predicted octanol–water partition coefficient (Wildman–Crippen LogP) is 1.79. The first-order valence-electron chi connectivity index (χ1n) is 7.81. The monoisotopic (exact) mass is 274 g/mol. The zero-order chi connectivity index (χ0) is 14.0. The van der Waals surface area contributed by atoms with E-state index in [0.717, 1.165) is 32.7 Å². The Bertz CT molecular complexity index is 454. The second-order valence-electron chi connectivity index (χ2n) is 6.65. The molecule has 0 saturated carbocycles. The van der Waals surface area contributed by atoms with Crippen LogP contribution in [0.15, 0.2) is 24.3 Å². The van der Waals surface area contributed by atoms with E-state index in [-0.39, 0.29) is 0 Å². The Morgan fingerprint density at radius 3 is 2.85 bits per heavy atom. The van der Waals surface area contributed by atoms with Crippen molar-refractivity contribution in [3.63, 3.8) is 0 Å². The number of nitrogens with zero attached hydrogens (tertiary/aromatic N) is 1. The highest BCUT2D eigenvalue weighted by atomic mass is 16.3. The molecule has 2 saturated heterocycles. The minimum atomic E-state index is 0.338. The maximum absolute atomic E-state index is 9.76. The summed E-state index contributed by atoms with van der Waals surface area (Å²) in [5, 5.41) is 13.2. The second-order valence-corrected chi connectivity index (χ2v) is 6.65. The van der Waals surface area contributed by atoms with Crippen molar-refractivity contribution in [1.82, 2.24) is 10.2 Å². The summed E-state index contributed by atoms with van der Waals surface area (Å²) in [4.78, 5) is 2.54. The Kier molecular flexibility index (Phi) is 4.11. The van der Waals surface area contributed by atoms with Gasteiger partial charge in [0, 0.05) is 32.2 Å². The van der Waals surface area contributed by atoms with E-state index in [0.29, 0.717) is 17.9 Å². The maximum atomic E-state index is 9.76. The van der Waals surface area contributed by atoms with Gasteiger partial charge in [-0.1, -0.05) is 29.8 Å². The molecular formula is C17H26N2O. The number of hydrogen-bond donors (Lipinski definition) is 2. The molecule has 1 spiro atoms. The molecule has 0 bridgehead atoms. The van der Waals surface area contributed by atoms with Crippen LogP contribution in [0.2, 0.25) is 0 Å². The quantitative estimate of drug-likeness (QED) is 0.882. The van der Waals surface area contributed by atoms with Crippen molar-refractivity contribution >= 4 is 0 Å². The molecule has 2 heterocycles. The summed E-state index contributed by atoms with van der Waals surface area (Å²) in [6.45, 7) is 7.91. The summed E-state index contributed by atoms with van der Waals surface area (Å²) in [6.07, 6.45) is 2.42. The minimum absolute atomic E-state index is 0.338. The van der Waals surface area contributed by atoms with Crippen LogP contribution in [0.5, 0.6) is 0 Å². The first-order chi connectivity index (χ1) is 9.72. The van der Waals surface area contributed by atoms with E-state index in [1.807, 2.05) is 0 Å². The Morgan fingerprint density at radius 1 is 1.35 bits per heavy atom. The van der Waals surface area contributed by atoms with Crippen LogP contribution in [0.1, 0.15) is 24.0 Å². The summed E-state index contributed by atoms with van der Waals surface area (Å²) < 4.78 is 0. The van der Waals surface area contributed by atoms with Crippen LogP contribution < -0.4 is 5.32 Å². The SMILES string of the molecule is Cc1cccc(CN2CC(CO)C3(CCNCC3)C2)c1. The van der Waals surface area contributed by atoms with Gasteiger partial charge in [-0.3, -0.25) is 4.90 Å². The topological polar surface area (TPSA) is 35.5 Å². The van der Waals surface area contributed by atoms with Crippen molar-refractivity contribution in [3.05, 3.63) is 35.4 Å². The summed E-state index contributed by atoms with van der Waals surface area (Å²) in [5.74, 6) is 0.453. The molecule has 0 amide bonds. The first-order valence-corrected chi connectivity index (χ1v) is 7.81. The van der Waals surface area contributed by atoms with Crippen molar-refractivity contribution in [2.45, 2.75) is 26.3 Å². The van der Waals surface area contributed by atoms with Crippen molar-refractivity contribution < 1.29 is 5.11 Å². The fraction of sp³-hybridized carbons (Fsp3) is 0.647.